The molecule has 5 heteroatoms. The lowest BCUT2D eigenvalue weighted by molar-refractivity contribution is -0.134. The number of hydrogen-bond acceptors (Lipinski definition) is 2. The summed E-state index contributed by atoms with van der Waals surface area (Å²) in [5.41, 5.74) is 1.65. The van der Waals surface area contributed by atoms with Gasteiger partial charge in [-0.05, 0) is 48.9 Å². The Hall–Kier alpha value is -2.33. The molecule has 0 N–H and O–H groups in total. The van der Waals surface area contributed by atoms with Crippen LogP contribution >= 0.6 is 11.6 Å². The van der Waals surface area contributed by atoms with Gasteiger partial charge in [0.05, 0.1) is 0 Å². The van der Waals surface area contributed by atoms with Crippen LogP contribution in [0.5, 0.6) is 0 Å². The number of fused-ring (bicyclic) bond motifs is 1. The van der Waals surface area contributed by atoms with E-state index in [1.165, 1.54) is 6.42 Å². The fourth-order valence-corrected chi connectivity index (χ4v) is 5.12. The predicted molar refractivity (Wildman–Crippen MR) is 115 cm³/mol. The lowest BCUT2D eigenvalue weighted by Crippen LogP contribution is -2.49. The number of likely N-dealkylation sites (N-methyl/N-ethyl adjacent to an activating group) is 1. The summed E-state index contributed by atoms with van der Waals surface area (Å²) in [7, 11) is 1.83. The molecule has 2 aromatic rings. The Morgan fingerprint density at radius 2 is 1.83 bits per heavy atom. The molecule has 4 nitrogen and oxygen atoms in total. The number of halogens is 1. The number of benzene rings is 2. The molecule has 1 saturated heterocycles. The summed E-state index contributed by atoms with van der Waals surface area (Å²) < 4.78 is 0. The molecule has 1 aliphatic heterocycles. The molecule has 4 rings (SSSR count). The summed E-state index contributed by atoms with van der Waals surface area (Å²) in [5, 5.41) is 0.541. The largest absolute Gasteiger partial charge is 0.340 e. The zero-order chi connectivity index (χ0) is 20.4. The first-order chi connectivity index (χ1) is 14.0. The van der Waals surface area contributed by atoms with Gasteiger partial charge in [0.1, 0.15) is 6.04 Å². The highest BCUT2D eigenvalue weighted by molar-refractivity contribution is 6.31. The van der Waals surface area contributed by atoms with Gasteiger partial charge in [0.2, 0.25) is 5.91 Å². The minimum absolute atomic E-state index is 0.0265. The van der Waals surface area contributed by atoms with Gasteiger partial charge in [0.15, 0.2) is 0 Å². The number of carbonyl (C=O) groups is 2. The van der Waals surface area contributed by atoms with E-state index in [0.29, 0.717) is 23.0 Å². The van der Waals surface area contributed by atoms with Gasteiger partial charge >= 0.3 is 0 Å². The van der Waals surface area contributed by atoms with Crippen molar-refractivity contribution in [2.24, 2.45) is 5.92 Å². The molecule has 2 aromatic carbocycles. The Bertz CT molecular complexity index is 885. The van der Waals surface area contributed by atoms with Gasteiger partial charge < -0.3 is 9.80 Å². The van der Waals surface area contributed by atoms with E-state index in [-0.39, 0.29) is 17.9 Å². The number of likely N-dealkylation sites (tertiary alicyclic amines) is 1. The van der Waals surface area contributed by atoms with Crippen molar-refractivity contribution >= 4 is 23.4 Å². The summed E-state index contributed by atoms with van der Waals surface area (Å²) in [4.78, 5) is 30.5. The Morgan fingerprint density at radius 1 is 1.07 bits per heavy atom. The third-order valence-electron chi connectivity index (χ3n) is 6.32. The topological polar surface area (TPSA) is 40.6 Å². The molecule has 2 fully saturated rings. The van der Waals surface area contributed by atoms with Gasteiger partial charge in [-0.2, -0.15) is 0 Å². The number of hydrogen-bond donors (Lipinski definition) is 0. The van der Waals surface area contributed by atoms with Crippen molar-refractivity contribution in [1.29, 1.82) is 0 Å². The SMILES string of the molecule is CN(Cc1ccccc1)C(=O)C1CC2CCCCC2N1C(=O)c1cccc(Cl)c1. The van der Waals surface area contributed by atoms with E-state index in [1.807, 2.05) is 42.3 Å². The van der Waals surface area contributed by atoms with Crippen LogP contribution in [0.3, 0.4) is 0 Å². The second-order valence-electron chi connectivity index (χ2n) is 8.27. The van der Waals surface area contributed by atoms with Gasteiger partial charge in [-0.1, -0.05) is 60.8 Å². The van der Waals surface area contributed by atoms with Crippen LogP contribution in [-0.4, -0.2) is 40.7 Å². The monoisotopic (exact) mass is 410 g/mol. The molecule has 3 atom stereocenters. The average Bonchev–Trinajstić information content (AvgIpc) is 3.13. The molecule has 1 aliphatic carbocycles. The van der Waals surface area contributed by atoms with E-state index < -0.39 is 6.04 Å². The van der Waals surface area contributed by atoms with Crippen LogP contribution < -0.4 is 0 Å². The third kappa shape index (κ3) is 4.18. The number of amides is 2. The van der Waals surface area contributed by atoms with Crippen LogP contribution in [0.1, 0.15) is 48.0 Å². The fraction of sp³-hybridized carbons (Fsp3) is 0.417. The molecule has 0 aromatic heterocycles. The maximum absolute atomic E-state index is 13.4. The summed E-state index contributed by atoms with van der Waals surface area (Å²) in [6.45, 7) is 0.546. The molecule has 0 spiro atoms. The predicted octanol–water partition coefficient (Wildman–Crippen LogP) is 4.77. The number of carbonyl (C=O) groups excluding carboxylic acids is 2. The summed E-state index contributed by atoms with van der Waals surface area (Å²) >= 11 is 6.13. The third-order valence-corrected chi connectivity index (χ3v) is 6.55. The van der Waals surface area contributed by atoms with Gasteiger partial charge in [0, 0.05) is 30.2 Å². The van der Waals surface area contributed by atoms with Crippen LogP contribution in [0.2, 0.25) is 5.02 Å². The van der Waals surface area contributed by atoms with Crippen molar-refractivity contribution in [3.05, 3.63) is 70.7 Å². The van der Waals surface area contributed by atoms with E-state index in [4.69, 9.17) is 11.6 Å². The van der Waals surface area contributed by atoms with Gasteiger partial charge in [-0.15, -0.1) is 0 Å². The lowest BCUT2D eigenvalue weighted by atomic mass is 9.84. The van der Waals surface area contributed by atoms with Crippen molar-refractivity contribution in [1.82, 2.24) is 9.80 Å². The molecule has 3 unspecified atom stereocenters. The summed E-state index contributed by atoms with van der Waals surface area (Å²) in [6.07, 6.45) is 5.12. The number of rotatable bonds is 4. The Labute approximate surface area is 177 Å². The molecule has 1 saturated carbocycles. The molecule has 0 radical (unpaired) electrons. The summed E-state index contributed by atoms with van der Waals surface area (Å²) in [5.74, 6) is 0.359. The Morgan fingerprint density at radius 3 is 2.59 bits per heavy atom. The highest BCUT2D eigenvalue weighted by Crippen LogP contribution is 2.41. The minimum atomic E-state index is -0.400. The molecule has 29 heavy (non-hydrogen) atoms. The van der Waals surface area contributed by atoms with E-state index in [1.54, 1.807) is 29.2 Å². The Balaban J connectivity index is 1.59. The maximum Gasteiger partial charge on any atom is 0.254 e. The molecule has 152 valence electrons. The van der Waals surface area contributed by atoms with E-state index in [9.17, 15) is 9.59 Å². The van der Waals surface area contributed by atoms with Crippen LogP contribution in [-0.2, 0) is 11.3 Å². The Kier molecular flexibility index (Phi) is 5.91. The van der Waals surface area contributed by atoms with E-state index in [0.717, 1.165) is 31.2 Å². The second-order valence-corrected chi connectivity index (χ2v) is 8.70. The van der Waals surface area contributed by atoms with Crippen molar-refractivity contribution in [3.63, 3.8) is 0 Å². The lowest BCUT2D eigenvalue weighted by Gasteiger charge is -2.34. The highest BCUT2D eigenvalue weighted by Gasteiger charge is 2.48. The van der Waals surface area contributed by atoms with Crippen molar-refractivity contribution in [2.75, 3.05) is 7.05 Å². The first kappa shape index (κ1) is 20.0. The molecule has 2 amide bonds. The first-order valence-corrected chi connectivity index (χ1v) is 10.8. The van der Waals surface area contributed by atoms with E-state index in [2.05, 4.69) is 0 Å². The maximum atomic E-state index is 13.4. The van der Waals surface area contributed by atoms with Crippen LogP contribution in [0, 0.1) is 5.92 Å². The molecule has 0 bridgehead atoms. The zero-order valence-electron chi connectivity index (χ0n) is 16.8. The van der Waals surface area contributed by atoms with Crippen molar-refractivity contribution < 1.29 is 9.59 Å². The molecule has 1 heterocycles. The smallest absolute Gasteiger partial charge is 0.254 e. The molecular weight excluding hydrogens is 384 g/mol. The first-order valence-electron chi connectivity index (χ1n) is 10.4. The minimum Gasteiger partial charge on any atom is -0.340 e. The second kappa shape index (κ2) is 8.58. The average molecular weight is 411 g/mol. The highest BCUT2D eigenvalue weighted by atomic mass is 35.5. The fourth-order valence-electron chi connectivity index (χ4n) is 4.93. The van der Waals surface area contributed by atoms with Gasteiger partial charge in [-0.25, -0.2) is 0 Å². The van der Waals surface area contributed by atoms with Crippen LogP contribution in [0.4, 0.5) is 0 Å². The van der Waals surface area contributed by atoms with Gasteiger partial charge in [-0.3, -0.25) is 9.59 Å². The normalized spacial score (nSPS) is 23.5. The number of nitrogens with zero attached hydrogens (tertiary/aromatic N) is 2. The van der Waals surface area contributed by atoms with E-state index >= 15 is 0 Å². The van der Waals surface area contributed by atoms with Crippen LogP contribution in [0.15, 0.2) is 54.6 Å². The standard InChI is InChI=1S/C24H27ClN2O2/c1-26(16-17-8-3-2-4-9-17)24(29)22-15-18-10-5-6-13-21(18)27(22)23(28)19-11-7-12-20(25)14-19/h2-4,7-9,11-12,14,18,21-22H,5-6,10,13,15-16H2,1H3. The summed E-state index contributed by atoms with van der Waals surface area (Å²) in [6, 6.07) is 16.8. The van der Waals surface area contributed by atoms with Crippen LogP contribution in [0.25, 0.3) is 0 Å². The quantitative estimate of drug-likeness (QED) is 0.728. The van der Waals surface area contributed by atoms with Gasteiger partial charge in [0.25, 0.3) is 5.91 Å². The van der Waals surface area contributed by atoms with Crippen molar-refractivity contribution in [3.8, 4) is 0 Å². The molecule has 2 aliphatic rings. The molecular formula is C24H27ClN2O2. The van der Waals surface area contributed by atoms with Crippen molar-refractivity contribution in [2.45, 2.75) is 50.7 Å². The zero-order valence-corrected chi connectivity index (χ0v) is 17.5.